The molecule has 0 saturated carbocycles. The summed E-state index contributed by atoms with van der Waals surface area (Å²) in [5.41, 5.74) is 1.10. The molecule has 0 saturated heterocycles. The first-order valence-electron chi connectivity index (χ1n) is 5.51. The van der Waals surface area contributed by atoms with Crippen LogP contribution in [-0.4, -0.2) is 31.3 Å². The van der Waals surface area contributed by atoms with Crippen LogP contribution in [0.1, 0.15) is 18.9 Å². The van der Waals surface area contributed by atoms with Gasteiger partial charge in [-0.2, -0.15) is 0 Å². The van der Waals surface area contributed by atoms with Crippen LogP contribution >= 0.6 is 11.6 Å². The maximum absolute atomic E-state index is 6.09. The van der Waals surface area contributed by atoms with Crippen LogP contribution in [0.5, 0.6) is 0 Å². The average Bonchev–Trinajstić information content (AvgIpc) is 2.31. The van der Waals surface area contributed by atoms with E-state index in [1.54, 1.807) is 19.5 Å². The fourth-order valence-corrected chi connectivity index (χ4v) is 2.04. The van der Waals surface area contributed by atoms with Gasteiger partial charge >= 0.3 is 0 Å². The van der Waals surface area contributed by atoms with E-state index in [9.17, 15) is 0 Å². The zero-order valence-corrected chi connectivity index (χ0v) is 10.8. The van der Waals surface area contributed by atoms with Gasteiger partial charge in [-0.05, 0) is 31.5 Å². The Bertz CT molecular complexity index is 316. The molecule has 0 aliphatic heterocycles. The van der Waals surface area contributed by atoms with Gasteiger partial charge in [0.15, 0.2) is 0 Å². The van der Waals surface area contributed by atoms with E-state index in [0.717, 1.165) is 18.4 Å². The molecular formula is C12H19ClN2O. The average molecular weight is 243 g/mol. The van der Waals surface area contributed by atoms with Crippen LogP contribution in [0.3, 0.4) is 0 Å². The highest BCUT2D eigenvalue weighted by atomic mass is 35.5. The summed E-state index contributed by atoms with van der Waals surface area (Å²) >= 11 is 6.09. The topological polar surface area (TPSA) is 34.1 Å². The van der Waals surface area contributed by atoms with Gasteiger partial charge in [-0.25, -0.2) is 0 Å². The molecule has 0 aliphatic carbocycles. The molecule has 1 rings (SSSR count). The molecule has 0 fully saturated rings. The SMILES string of the molecule is CCC(OC)C(Cc1ccncc1Cl)NC. The van der Waals surface area contributed by atoms with E-state index in [0.29, 0.717) is 5.02 Å². The minimum absolute atomic E-state index is 0.203. The highest BCUT2D eigenvalue weighted by Crippen LogP contribution is 2.17. The smallest absolute Gasteiger partial charge is 0.0724 e. The number of nitrogens with one attached hydrogen (secondary N) is 1. The summed E-state index contributed by atoms with van der Waals surface area (Å²) in [6, 6.07) is 2.23. The van der Waals surface area contributed by atoms with E-state index in [4.69, 9.17) is 16.3 Å². The Morgan fingerprint density at radius 2 is 2.31 bits per heavy atom. The fourth-order valence-electron chi connectivity index (χ4n) is 1.84. The molecule has 0 bridgehead atoms. The molecule has 0 spiro atoms. The van der Waals surface area contributed by atoms with E-state index in [2.05, 4.69) is 17.2 Å². The predicted molar refractivity (Wildman–Crippen MR) is 66.9 cm³/mol. The fraction of sp³-hybridized carbons (Fsp3) is 0.583. The normalized spacial score (nSPS) is 14.8. The maximum atomic E-state index is 6.09. The third-order valence-electron chi connectivity index (χ3n) is 2.82. The van der Waals surface area contributed by atoms with E-state index >= 15 is 0 Å². The number of rotatable bonds is 6. The second-order valence-corrected chi connectivity index (χ2v) is 4.16. The molecule has 1 heterocycles. The van der Waals surface area contributed by atoms with Crippen LogP contribution in [-0.2, 0) is 11.2 Å². The van der Waals surface area contributed by atoms with Crippen LogP contribution in [0.2, 0.25) is 5.02 Å². The van der Waals surface area contributed by atoms with Crippen molar-refractivity contribution < 1.29 is 4.74 Å². The number of methoxy groups -OCH3 is 1. The molecule has 1 aromatic heterocycles. The number of hydrogen-bond donors (Lipinski definition) is 1. The molecule has 2 unspecified atom stereocenters. The van der Waals surface area contributed by atoms with E-state index < -0.39 is 0 Å². The molecule has 3 nitrogen and oxygen atoms in total. The van der Waals surface area contributed by atoms with Crippen LogP contribution < -0.4 is 5.32 Å². The van der Waals surface area contributed by atoms with Gasteiger partial charge in [0.05, 0.1) is 11.1 Å². The lowest BCUT2D eigenvalue weighted by atomic mass is 10.0. The van der Waals surface area contributed by atoms with Crippen LogP contribution in [0.25, 0.3) is 0 Å². The van der Waals surface area contributed by atoms with Gasteiger partial charge in [-0.15, -0.1) is 0 Å². The van der Waals surface area contributed by atoms with Gasteiger partial charge in [0.2, 0.25) is 0 Å². The van der Waals surface area contributed by atoms with Gasteiger partial charge in [-0.1, -0.05) is 18.5 Å². The standard InChI is InChI=1S/C12H19ClN2O/c1-4-12(16-3)11(14-2)7-9-5-6-15-8-10(9)13/h5-6,8,11-12,14H,4,7H2,1-3H3. The quantitative estimate of drug-likeness (QED) is 0.831. The summed E-state index contributed by atoms with van der Waals surface area (Å²) in [6.45, 7) is 2.12. The molecule has 90 valence electrons. The number of ether oxygens (including phenoxy) is 1. The van der Waals surface area contributed by atoms with E-state index in [1.807, 2.05) is 13.1 Å². The van der Waals surface area contributed by atoms with Crippen molar-refractivity contribution in [2.75, 3.05) is 14.2 Å². The highest BCUT2D eigenvalue weighted by Gasteiger charge is 2.19. The first kappa shape index (κ1) is 13.4. The molecular weight excluding hydrogens is 224 g/mol. The Labute approximate surface area is 102 Å². The summed E-state index contributed by atoms with van der Waals surface area (Å²) < 4.78 is 5.44. The highest BCUT2D eigenvalue weighted by molar-refractivity contribution is 6.31. The van der Waals surface area contributed by atoms with Crippen molar-refractivity contribution in [1.82, 2.24) is 10.3 Å². The molecule has 0 aliphatic rings. The van der Waals surface area contributed by atoms with Crippen LogP contribution in [0.15, 0.2) is 18.5 Å². The van der Waals surface area contributed by atoms with E-state index in [-0.39, 0.29) is 12.1 Å². The van der Waals surface area contributed by atoms with Crippen LogP contribution in [0.4, 0.5) is 0 Å². The van der Waals surface area contributed by atoms with Gasteiger partial charge < -0.3 is 10.1 Å². The molecule has 1 aromatic rings. The number of nitrogens with zero attached hydrogens (tertiary/aromatic N) is 1. The molecule has 1 N–H and O–H groups in total. The number of halogens is 1. The summed E-state index contributed by atoms with van der Waals surface area (Å²) in [6.07, 6.45) is 5.47. The van der Waals surface area contributed by atoms with E-state index in [1.165, 1.54) is 0 Å². The lowest BCUT2D eigenvalue weighted by Crippen LogP contribution is -2.40. The minimum Gasteiger partial charge on any atom is -0.380 e. The number of hydrogen-bond acceptors (Lipinski definition) is 3. The second kappa shape index (κ2) is 6.84. The monoisotopic (exact) mass is 242 g/mol. The van der Waals surface area contributed by atoms with Crippen molar-refractivity contribution in [2.45, 2.75) is 31.9 Å². The van der Waals surface area contributed by atoms with Gasteiger partial charge in [0.25, 0.3) is 0 Å². The summed E-state index contributed by atoms with van der Waals surface area (Å²) in [4.78, 5) is 3.98. The third-order valence-corrected chi connectivity index (χ3v) is 3.16. The molecule has 2 atom stereocenters. The lowest BCUT2D eigenvalue weighted by Gasteiger charge is -2.25. The predicted octanol–water partition coefficient (Wildman–Crippen LogP) is 2.29. The Kier molecular flexibility index (Phi) is 5.74. The molecule has 0 amide bonds. The first-order valence-corrected chi connectivity index (χ1v) is 5.89. The Morgan fingerprint density at radius 1 is 1.56 bits per heavy atom. The zero-order valence-electron chi connectivity index (χ0n) is 10.0. The Hall–Kier alpha value is -0.640. The van der Waals surface area contributed by atoms with Gasteiger partial charge in [-0.3, -0.25) is 4.98 Å². The molecule has 4 heteroatoms. The molecule has 16 heavy (non-hydrogen) atoms. The zero-order chi connectivity index (χ0) is 12.0. The number of pyridine rings is 1. The van der Waals surface area contributed by atoms with Gasteiger partial charge in [0, 0.05) is 25.5 Å². The Balaban J connectivity index is 2.73. The Morgan fingerprint density at radius 3 is 2.81 bits per heavy atom. The van der Waals surface area contributed by atoms with Crippen molar-refractivity contribution in [3.8, 4) is 0 Å². The van der Waals surface area contributed by atoms with Crippen molar-refractivity contribution in [2.24, 2.45) is 0 Å². The molecule has 0 aromatic carbocycles. The molecule has 0 radical (unpaired) electrons. The summed E-state index contributed by atoms with van der Waals surface area (Å²) in [5.74, 6) is 0. The largest absolute Gasteiger partial charge is 0.380 e. The number of likely N-dealkylation sites (N-methyl/N-ethyl adjacent to an activating group) is 1. The van der Waals surface area contributed by atoms with Crippen LogP contribution in [0, 0.1) is 0 Å². The minimum atomic E-state index is 0.203. The first-order chi connectivity index (χ1) is 7.72. The van der Waals surface area contributed by atoms with Crippen molar-refractivity contribution in [1.29, 1.82) is 0 Å². The number of aromatic nitrogens is 1. The second-order valence-electron chi connectivity index (χ2n) is 3.75. The van der Waals surface area contributed by atoms with Crippen molar-refractivity contribution >= 4 is 11.6 Å². The lowest BCUT2D eigenvalue weighted by molar-refractivity contribution is 0.0678. The van der Waals surface area contributed by atoms with Gasteiger partial charge in [0.1, 0.15) is 0 Å². The maximum Gasteiger partial charge on any atom is 0.0724 e. The van der Waals surface area contributed by atoms with Crippen molar-refractivity contribution in [3.63, 3.8) is 0 Å². The summed E-state index contributed by atoms with van der Waals surface area (Å²) in [7, 11) is 3.69. The third kappa shape index (κ3) is 3.44. The van der Waals surface area contributed by atoms with Crippen molar-refractivity contribution in [3.05, 3.63) is 29.0 Å². The summed E-state index contributed by atoms with van der Waals surface area (Å²) in [5, 5.41) is 3.99.